The van der Waals surface area contributed by atoms with Crippen LogP contribution in [-0.2, 0) is 20.9 Å². The third-order valence-corrected chi connectivity index (χ3v) is 11.3. The second-order valence-corrected chi connectivity index (χ2v) is 15.4. The number of anilines is 1. The number of amides is 4. The Labute approximate surface area is 327 Å². The summed E-state index contributed by atoms with van der Waals surface area (Å²) in [4.78, 5) is 63.3. The van der Waals surface area contributed by atoms with Gasteiger partial charge >= 0.3 is 0 Å². The minimum absolute atomic E-state index is 0.00740. The average molecular weight is 816 g/mol. The molecule has 2 saturated heterocycles. The second kappa shape index (κ2) is 16.3. The van der Waals surface area contributed by atoms with Crippen LogP contribution < -0.4 is 20.1 Å². The molecule has 3 aliphatic rings. The van der Waals surface area contributed by atoms with Gasteiger partial charge in [0.1, 0.15) is 23.5 Å². The van der Waals surface area contributed by atoms with Gasteiger partial charge in [0.25, 0.3) is 5.91 Å². The Kier molecular flexibility index (Phi) is 11.3. The fraction of sp³-hybridized carbons (Fsp3) is 0.415. The molecule has 0 saturated carbocycles. The topological polar surface area (TPSA) is 143 Å². The van der Waals surface area contributed by atoms with Crippen molar-refractivity contribution in [3.63, 3.8) is 0 Å². The lowest BCUT2D eigenvalue weighted by Gasteiger charge is -2.33. The zero-order chi connectivity index (χ0) is 38.8. The number of fused-ring (bicyclic) bond motifs is 2. The van der Waals surface area contributed by atoms with E-state index in [1.54, 1.807) is 7.11 Å². The number of hydrogen-bond donors (Lipinski definition) is 2. The van der Waals surface area contributed by atoms with Crippen LogP contribution in [0.1, 0.15) is 96.7 Å². The van der Waals surface area contributed by atoms with Crippen LogP contribution in [0.4, 0.5) is 10.2 Å². The van der Waals surface area contributed by atoms with Crippen LogP contribution in [0.3, 0.4) is 0 Å². The van der Waals surface area contributed by atoms with E-state index >= 15 is 0 Å². The van der Waals surface area contributed by atoms with Gasteiger partial charge in [0.05, 0.1) is 25.3 Å². The van der Waals surface area contributed by atoms with Crippen LogP contribution in [0.15, 0.2) is 53.0 Å². The lowest BCUT2D eigenvalue weighted by Crippen LogP contribution is -2.52. The van der Waals surface area contributed by atoms with Crippen molar-refractivity contribution in [2.45, 2.75) is 83.3 Å². The molecule has 0 spiro atoms. The first kappa shape index (κ1) is 38.2. The molecule has 1 aromatic heterocycles. The van der Waals surface area contributed by atoms with Crippen molar-refractivity contribution in [1.82, 2.24) is 25.1 Å². The number of likely N-dealkylation sites (tertiary alicyclic amines) is 1. The molecule has 3 aromatic carbocycles. The molecule has 14 heteroatoms. The number of piperidine rings is 2. The zero-order valence-corrected chi connectivity index (χ0v) is 32.7. The Morgan fingerprint density at radius 3 is 2.60 bits per heavy atom. The molecular formula is C41H44BrFN6O6. The number of ether oxygens (including phenoxy) is 2. The molecule has 1 unspecified atom stereocenters. The summed E-state index contributed by atoms with van der Waals surface area (Å²) < 4.78 is 27.7. The van der Waals surface area contributed by atoms with Gasteiger partial charge in [-0.3, -0.25) is 24.5 Å². The molecule has 7 rings (SSSR count). The van der Waals surface area contributed by atoms with Crippen LogP contribution in [-0.4, -0.2) is 76.2 Å². The first-order valence-electron chi connectivity index (χ1n) is 18.7. The van der Waals surface area contributed by atoms with E-state index in [1.165, 1.54) is 17.0 Å². The van der Waals surface area contributed by atoms with Gasteiger partial charge in [-0.15, -0.1) is 0 Å². The maximum atomic E-state index is 14.8. The largest absolute Gasteiger partial charge is 0.493 e. The molecule has 3 aliphatic heterocycles. The summed E-state index contributed by atoms with van der Waals surface area (Å²) >= 11 is 3.55. The van der Waals surface area contributed by atoms with Gasteiger partial charge in [0.15, 0.2) is 11.5 Å². The number of methoxy groups -OCH3 is 1. The summed E-state index contributed by atoms with van der Waals surface area (Å²) in [5, 5.41) is 6.65. The van der Waals surface area contributed by atoms with Crippen LogP contribution in [0, 0.1) is 12.7 Å². The summed E-state index contributed by atoms with van der Waals surface area (Å²) in [7, 11) is 1.60. The predicted octanol–water partition coefficient (Wildman–Crippen LogP) is 6.74. The summed E-state index contributed by atoms with van der Waals surface area (Å²) in [5.41, 5.74) is 3.60. The Bertz CT molecular complexity index is 2160. The molecule has 4 aromatic rings. The van der Waals surface area contributed by atoms with E-state index in [0.29, 0.717) is 74.9 Å². The lowest BCUT2D eigenvalue weighted by atomic mass is 9.85. The van der Waals surface area contributed by atoms with E-state index in [9.17, 15) is 23.6 Å². The molecule has 288 valence electrons. The van der Waals surface area contributed by atoms with Gasteiger partial charge in [-0.25, -0.2) is 14.4 Å². The van der Waals surface area contributed by atoms with E-state index < -0.39 is 23.7 Å². The number of aromatic nitrogens is 2. The highest BCUT2D eigenvalue weighted by atomic mass is 79.9. The number of benzene rings is 3. The standard InChI is InChI=1S/C41H44BrFN6O6/c1-23(26-7-6-8-27(42)17-26)44-39-31-20-35(54-3)36(21-33(31)45-24(2)46-39)55-16-5-4-9-38(51)48-14-12-25(13-15-48)29-18-28(43)19-30-32(29)22-49(41(30)53)34-10-11-37(50)47-40(34)52/h6-8,17-21,23,25,34H,4-5,9-16,22H2,1-3H3,(H,44,45,46)(H,47,50,52)/t23-,34?/m1/s1. The maximum Gasteiger partial charge on any atom is 0.255 e. The smallest absolute Gasteiger partial charge is 0.255 e. The summed E-state index contributed by atoms with van der Waals surface area (Å²) in [5.74, 6) is 0.754. The number of nitrogens with one attached hydrogen (secondary N) is 2. The third-order valence-electron chi connectivity index (χ3n) is 10.8. The molecule has 12 nitrogen and oxygen atoms in total. The number of carbonyl (C=O) groups excluding carboxylic acids is 4. The highest BCUT2D eigenvalue weighted by Gasteiger charge is 2.41. The molecule has 2 N–H and O–H groups in total. The minimum atomic E-state index is -0.764. The van der Waals surface area contributed by atoms with Crippen molar-refractivity contribution in [2.75, 3.05) is 32.1 Å². The molecule has 2 atom stereocenters. The highest BCUT2D eigenvalue weighted by molar-refractivity contribution is 9.10. The quantitative estimate of drug-likeness (QED) is 0.118. The molecule has 4 amide bonds. The van der Waals surface area contributed by atoms with Gasteiger partial charge in [-0.2, -0.15) is 0 Å². The van der Waals surface area contributed by atoms with Gasteiger partial charge in [0.2, 0.25) is 17.7 Å². The van der Waals surface area contributed by atoms with Crippen molar-refractivity contribution in [3.8, 4) is 11.5 Å². The average Bonchev–Trinajstić information content (AvgIpc) is 3.49. The number of hydrogen-bond acceptors (Lipinski definition) is 9. The first-order chi connectivity index (χ1) is 26.5. The monoisotopic (exact) mass is 814 g/mol. The summed E-state index contributed by atoms with van der Waals surface area (Å²) in [6, 6.07) is 13.8. The fourth-order valence-corrected chi connectivity index (χ4v) is 8.29. The number of carbonyl (C=O) groups is 4. The van der Waals surface area contributed by atoms with Gasteiger partial charge in [-0.1, -0.05) is 28.1 Å². The van der Waals surface area contributed by atoms with Gasteiger partial charge in [0, 0.05) is 54.0 Å². The number of unbranched alkanes of at least 4 members (excludes halogenated alkanes) is 1. The molecule has 4 heterocycles. The van der Waals surface area contributed by atoms with E-state index in [1.807, 2.05) is 36.1 Å². The second-order valence-electron chi connectivity index (χ2n) is 14.4. The van der Waals surface area contributed by atoms with Crippen LogP contribution >= 0.6 is 15.9 Å². The van der Waals surface area contributed by atoms with Crippen molar-refractivity contribution in [1.29, 1.82) is 0 Å². The maximum absolute atomic E-state index is 14.8. The lowest BCUT2D eigenvalue weighted by molar-refractivity contribution is -0.137. The van der Waals surface area contributed by atoms with Crippen molar-refractivity contribution < 1.29 is 33.0 Å². The highest BCUT2D eigenvalue weighted by Crippen LogP contribution is 2.39. The normalized spacial score (nSPS) is 18.0. The van der Waals surface area contributed by atoms with Crippen molar-refractivity contribution in [2.24, 2.45) is 0 Å². The molecule has 55 heavy (non-hydrogen) atoms. The van der Waals surface area contributed by atoms with Crippen LogP contribution in [0.5, 0.6) is 11.5 Å². The molecular weight excluding hydrogens is 771 g/mol. The molecule has 0 bridgehead atoms. The minimum Gasteiger partial charge on any atom is -0.493 e. The van der Waals surface area contributed by atoms with E-state index in [-0.39, 0.29) is 48.7 Å². The van der Waals surface area contributed by atoms with Crippen LogP contribution in [0.25, 0.3) is 10.9 Å². The Morgan fingerprint density at radius 2 is 1.85 bits per heavy atom. The van der Waals surface area contributed by atoms with E-state index in [4.69, 9.17) is 9.47 Å². The molecule has 0 aliphatic carbocycles. The molecule has 2 fully saturated rings. The number of nitrogens with zero attached hydrogens (tertiary/aromatic N) is 4. The van der Waals surface area contributed by atoms with E-state index in [0.717, 1.165) is 32.1 Å². The molecule has 0 radical (unpaired) electrons. The first-order valence-corrected chi connectivity index (χ1v) is 19.5. The number of imide groups is 1. The number of aryl methyl sites for hydroxylation is 1. The third kappa shape index (κ3) is 8.29. The predicted molar refractivity (Wildman–Crippen MR) is 207 cm³/mol. The van der Waals surface area contributed by atoms with E-state index in [2.05, 4.69) is 55.6 Å². The number of halogens is 2. The SMILES string of the molecule is COc1cc2c(N[C@H](C)c3cccc(Br)c3)nc(C)nc2cc1OCCCCC(=O)N1CCC(c2cc(F)cc3c2CN(C2CCC(=O)NC2=O)C3=O)CC1. The van der Waals surface area contributed by atoms with Gasteiger partial charge in [-0.05, 0) is 98.9 Å². The summed E-state index contributed by atoms with van der Waals surface area (Å²) in [6.07, 6.45) is 3.37. The zero-order valence-electron chi connectivity index (χ0n) is 31.1. The Morgan fingerprint density at radius 1 is 1.05 bits per heavy atom. The fourth-order valence-electron chi connectivity index (χ4n) is 7.88. The Hall–Kier alpha value is -5.11. The Balaban J connectivity index is 0.910. The van der Waals surface area contributed by atoms with Crippen LogP contribution in [0.2, 0.25) is 0 Å². The van der Waals surface area contributed by atoms with Crippen molar-refractivity contribution in [3.05, 3.63) is 86.9 Å². The van der Waals surface area contributed by atoms with Gasteiger partial charge < -0.3 is 24.6 Å². The number of rotatable bonds is 12. The van der Waals surface area contributed by atoms with Crippen molar-refractivity contribution >= 4 is 56.3 Å². The summed E-state index contributed by atoms with van der Waals surface area (Å²) in [6.45, 7) is 5.59.